The van der Waals surface area contributed by atoms with Crippen LogP contribution in [0.15, 0.2) is 24.3 Å². The molecule has 0 radical (unpaired) electrons. The number of aliphatic carboxylic acids is 1. The van der Waals surface area contributed by atoms with Gasteiger partial charge >= 0.3 is 5.97 Å². The zero-order valence-electron chi connectivity index (χ0n) is 11.8. The molecule has 1 atom stereocenters. The minimum absolute atomic E-state index is 0.653. The van der Waals surface area contributed by atoms with Crippen LogP contribution in [0.5, 0.6) is 0 Å². The standard InChI is InChI=1S/C16H20ClNO2/c1-11(2)13-8-9-18(10-13)16-12(6-7-15(19)20)4-3-5-14(16)17/h3-7,11,13H,8-10H2,1-2H3,(H,19,20)/b7-6+. The van der Waals surface area contributed by atoms with Crippen LogP contribution < -0.4 is 4.90 Å². The molecule has 20 heavy (non-hydrogen) atoms. The number of anilines is 1. The summed E-state index contributed by atoms with van der Waals surface area (Å²) >= 11 is 6.33. The van der Waals surface area contributed by atoms with Crippen molar-refractivity contribution in [1.29, 1.82) is 0 Å². The summed E-state index contributed by atoms with van der Waals surface area (Å²) in [6.07, 6.45) is 3.93. The van der Waals surface area contributed by atoms with E-state index in [0.717, 1.165) is 36.8 Å². The molecule has 0 aliphatic carbocycles. The van der Waals surface area contributed by atoms with Gasteiger partial charge in [0.05, 0.1) is 10.7 Å². The summed E-state index contributed by atoms with van der Waals surface area (Å²) in [4.78, 5) is 13.0. The van der Waals surface area contributed by atoms with Gasteiger partial charge in [-0.3, -0.25) is 0 Å². The topological polar surface area (TPSA) is 40.5 Å². The maximum absolute atomic E-state index is 10.7. The second-order valence-corrected chi connectivity index (χ2v) is 6.00. The first-order chi connectivity index (χ1) is 9.49. The number of hydrogen-bond acceptors (Lipinski definition) is 2. The van der Waals surface area contributed by atoms with Crippen LogP contribution in [0.25, 0.3) is 6.08 Å². The van der Waals surface area contributed by atoms with E-state index in [-0.39, 0.29) is 0 Å². The zero-order valence-corrected chi connectivity index (χ0v) is 12.6. The Bertz CT molecular complexity index is 525. The number of carboxylic acids is 1. The summed E-state index contributed by atoms with van der Waals surface area (Å²) in [5.74, 6) is 0.375. The number of halogens is 1. The van der Waals surface area contributed by atoms with Gasteiger partial charge in [0.1, 0.15) is 0 Å². The predicted octanol–water partition coefficient (Wildman–Crippen LogP) is 3.92. The summed E-state index contributed by atoms with van der Waals surface area (Å²) in [5, 5.41) is 9.46. The summed E-state index contributed by atoms with van der Waals surface area (Å²) in [7, 11) is 0. The molecule has 1 saturated heterocycles. The SMILES string of the molecule is CC(C)C1CCN(c2c(Cl)cccc2/C=C/C(=O)O)C1. The highest BCUT2D eigenvalue weighted by Crippen LogP contribution is 2.36. The number of nitrogens with zero attached hydrogens (tertiary/aromatic N) is 1. The average Bonchev–Trinajstić information content (AvgIpc) is 2.85. The van der Waals surface area contributed by atoms with E-state index in [1.54, 1.807) is 6.08 Å². The van der Waals surface area contributed by atoms with Crippen molar-refractivity contribution in [3.63, 3.8) is 0 Å². The van der Waals surface area contributed by atoms with E-state index in [0.29, 0.717) is 16.9 Å². The molecule has 108 valence electrons. The van der Waals surface area contributed by atoms with E-state index in [9.17, 15) is 4.79 Å². The van der Waals surface area contributed by atoms with Crippen molar-refractivity contribution in [2.45, 2.75) is 20.3 Å². The van der Waals surface area contributed by atoms with Crippen LogP contribution in [-0.4, -0.2) is 24.2 Å². The second kappa shape index (κ2) is 6.31. The van der Waals surface area contributed by atoms with Crippen molar-refractivity contribution in [3.8, 4) is 0 Å². The second-order valence-electron chi connectivity index (χ2n) is 5.59. The van der Waals surface area contributed by atoms with Gasteiger partial charge in [-0.2, -0.15) is 0 Å². The Balaban J connectivity index is 2.29. The minimum Gasteiger partial charge on any atom is -0.478 e. The average molecular weight is 294 g/mol. The Labute approximate surface area is 124 Å². The highest BCUT2D eigenvalue weighted by Gasteiger charge is 2.27. The van der Waals surface area contributed by atoms with Crippen LogP contribution in [0.4, 0.5) is 5.69 Å². The lowest BCUT2D eigenvalue weighted by Gasteiger charge is -2.23. The fourth-order valence-electron chi connectivity index (χ4n) is 2.70. The molecule has 1 N–H and O–H groups in total. The molecule has 1 aliphatic rings. The third-order valence-electron chi connectivity index (χ3n) is 3.91. The van der Waals surface area contributed by atoms with Gasteiger partial charge in [-0.05, 0) is 36.0 Å². The Kier molecular flexibility index (Phi) is 4.71. The van der Waals surface area contributed by atoms with Crippen LogP contribution in [0, 0.1) is 11.8 Å². The summed E-state index contributed by atoms with van der Waals surface area (Å²) < 4.78 is 0. The Morgan fingerprint density at radius 3 is 2.85 bits per heavy atom. The first-order valence-electron chi connectivity index (χ1n) is 6.93. The number of benzene rings is 1. The Hall–Kier alpha value is -1.48. The first-order valence-corrected chi connectivity index (χ1v) is 7.31. The smallest absolute Gasteiger partial charge is 0.328 e. The van der Waals surface area contributed by atoms with E-state index in [1.807, 2.05) is 18.2 Å². The Morgan fingerprint density at radius 2 is 2.25 bits per heavy atom. The van der Waals surface area contributed by atoms with Crippen molar-refractivity contribution in [1.82, 2.24) is 0 Å². The lowest BCUT2D eigenvalue weighted by Crippen LogP contribution is -2.22. The molecule has 1 fully saturated rings. The van der Waals surface area contributed by atoms with Crippen molar-refractivity contribution < 1.29 is 9.90 Å². The van der Waals surface area contributed by atoms with Crippen LogP contribution in [-0.2, 0) is 4.79 Å². The molecule has 4 heteroatoms. The van der Waals surface area contributed by atoms with Gasteiger partial charge in [0.2, 0.25) is 0 Å². The molecule has 1 heterocycles. The molecule has 1 aliphatic heterocycles. The highest BCUT2D eigenvalue weighted by molar-refractivity contribution is 6.33. The van der Waals surface area contributed by atoms with Crippen molar-refractivity contribution in [2.75, 3.05) is 18.0 Å². The highest BCUT2D eigenvalue weighted by atomic mass is 35.5. The molecule has 0 saturated carbocycles. The van der Waals surface area contributed by atoms with E-state index in [4.69, 9.17) is 16.7 Å². The molecule has 0 aromatic heterocycles. The molecule has 1 unspecified atom stereocenters. The Morgan fingerprint density at radius 1 is 1.50 bits per heavy atom. The van der Waals surface area contributed by atoms with Crippen LogP contribution in [0.2, 0.25) is 5.02 Å². The molecule has 1 aromatic rings. The number of carbonyl (C=O) groups is 1. The van der Waals surface area contributed by atoms with Crippen LogP contribution >= 0.6 is 11.6 Å². The summed E-state index contributed by atoms with van der Waals surface area (Å²) in [6.45, 7) is 6.44. The number of rotatable bonds is 4. The fourth-order valence-corrected chi connectivity index (χ4v) is 3.00. The largest absolute Gasteiger partial charge is 0.478 e. The molecular formula is C16H20ClNO2. The van der Waals surface area contributed by atoms with Gasteiger partial charge in [-0.25, -0.2) is 4.79 Å². The number of hydrogen-bond donors (Lipinski definition) is 1. The normalized spacial score (nSPS) is 19.2. The van der Waals surface area contributed by atoms with E-state index >= 15 is 0 Å². The molecule has 0 bridgehead atoms. The van der Waals surface area contributed by atoms with E-state index in [1.165, 1.54) is 0 Å². The van der Waals surface area contributed by atoms with Gasteiger partial charge in [-0.1, -0.05) is 37.6 Å². The van der Waals surface area contributed by atoms with Gasteiger partial charge in [0.25, 0.3) is 0 Å². The molecule has 0 spiro atoms. The van der Waals surface area contributed by atoms with Crippen molar-refractivity contribution in [2.24, 2.45) is 11.8 Å². The predicted molar refractivity (Wildman–Crippen MR) is 83.3 cm³/mol. The third-order valence-corrected chi connectivity index (χ3v) is 4.21. The molecule has 1 aromatic carbocycles. The maximum atomic E-state index is 10.7. The van der Waals surface area contributed by atoms with Gasteiger partial charge in [0, 0.05) is 19.2 Å². The summed E-state index contributed by atoms with van der Waals surface area (Å²) in [5.41, 5.74) is 1.82. The molecule has 2 rings (SSSR count). The molecular weight excluding hydrogens is 274 g/mol. The third kappa shape index (κ3) is 3.34. The van der Waals surface area contributed by atoms with Gasteiger partial charge in [0.15, 0.2) is 0 Å². The monoisotopic (exact) mass is 293 g/mol. The van der Waals surface area contributed by atoms with Gasteiger partial charge < -0.3 is 10.0 Å². The maximum Gasteiger partial charge on any atom is 0.328 e. The zero-order chi connectivity index (χ0) is 14.7. The minimum atomic E-state index is -0.947. The number of para-hydroxylation sites is 1. The summed E-state index contributed by atoms with van der Waals surface area (Å²) in [6, 6.07) is 5.62. The lowest BCUT2D eigenvalue weighted by atomic mass is 9.95. The lowest BCUT2D eigenvalue weighted by molar-refractivity contribution is -0.131. The van der Waals surface area contributed by atoms with Crippen LogP contribution in [0.3, 0.4) is 0 Å². The van der Waals surface area contributed by atoms with Crippen LogP contribution in [0.1, 0.15) is 25.8 Å². The van der Waals surface area contributed by atoms with E-state index < -0.39 is 5.97 Å². The van der Waals surface area contributed by atoms with Crippen molar-refractivity contribution in [3.05, 3.63) is 34.9 Å². The first kappa shape index (κ1) is 14.9. The molecule has 3 nitrogen and oxygen atoms in total. The fraction of sp³-hybridized carbons (Fsp3) is 0.438. The van der Waals surface area contributed by atoms with Gasteiger partial charge in [-0.15, -0.1) is 0 Å². The number of carboxylic acid groups (broad SMARTS) is 1. The molecule has 0 amide bonds. The quantitative estimate of drug-likeness (QED) is 0.855. The van der Waals surface area contributed by atoms with E-state index in [2.05, 4.69) is 18.7 Å². The van der Waals surface area contributed by atoms with Crippen molar-refractivity contribution >= 4 is 29.3 Å².